The number of H-pyrrole nitrogens is 1. The second kappa shape index (κ2) is 5.08. The molecule has 4 rings (SSSR count). The Balaban J connectivity index is 2.01. The third kappa shape index (κ3) is 1.98. The van der Waals surface area contributed by atoms with Crippen molar-refractivity contribution >= 4 is 16.9 Å². The molecule has 0 atom stereocenters. The molecule has 0 saturated heterocycles. The highest BCUT2D eigenvalue weighted by Gasteiger charge is 2.16. The van der Waals surface area contributed by atoms with Crippen LogP contribution in [0, 0.1) is 0 Å². The van der Waals surface area contributed by atoms with Crippen LogP contribution >= 0.6 is 0 Å². The van der Waals surface area contributed by atoms with Gasteiger partial charge in [-0.15, -0.1) is 0 Å². The molecule has 4 aromatic rings. The molecule has 0 bridgehead atoms. The van der Waals surface area contributed by atoms with Crippen LogP contribution in [0.25, 0.3) is 28.3 Å². The van der Waals surface area contributed by atoms with Crippen molar-refractivity contribution in [2.75, 3.05) is 0 Å². The fourth-order valence-electron chi connectivity index (χ4n) is 2.79. The van der Waals surface area contributed by atoms with Gasteiger partial charge in [-0.25, -0.2) is 9.97 Å². The van der Waals surface area contributed by atoms with Crippen LogP contribution in [-0.4, -0.2) is 33.7 Å². The van der Waals surface area contributed by atoms with Crippen LogP contribution < -0.4 is 5.56 Å². The highest BCUT2D eigenvalue weighted by atomic mass is 16.1. The molecule has 8 heteroatoms. The lowest BCUT2D eigenvalue weighted by atomic mass is 10.3. The number of fused-ring (bicyclic) bond motifs is 3. The van der Waals surface area contributed by atoms with Crippen LogP contribution in [0.15, 0.2) is 29.6 Å². The Morgan fingerprint density at radius 1 is 1.30 bits per heavy atom. The molecule has 118 valence electrons. The zero-order valence-corrected chi connectivity index (χ0v) is 13.0. The zero-order chi connectivity index (χ0) is 16.0. The van der Waals surface area contributed by atoms with E-state index in [0.717, 1.165) is 18.5 Å². The third-order valence-electron chi connectivity index (χ3n) is 3.91. The van der Waals surface area contributed by atoms with E-state index in [0.29, 0.717) is 29.3 Å². The van der Waals surface area contributed by atoms with E-state index in [4.69, 9.17) is 0 Å². The topological polar surface area (TPSA) is 85.8 Å². The quantitative estimate of drug-likeness (QED) is 0.621. The van der Waals surface area contributed by atoms with Crippen molar-refractivity contribution in [2.24, 2.45) is 0 Å². The lowest BCUT2D eigenvalue weighted by molar-refractivity contribution is 0.660. The summed E-state index contributed by atoms with van der Waals surface area (Å²) in [4.78, 5) is 24.8. The van der Waals surface area contributed by atoms with E-state index in [-0.39, 0.29) is 5.56 Å². The molecule has 0 aromatic carbocycles. The summed E-state index contributed by atoms with van der Waals surface area (Å²) in [6.07, 6.45) is 8.02. The van der Waals surface area contributed by atoms with E-state index in [1.54, 1.807) is 17.0 Å². The average molecular weight is 311 g/mol. The van der Waals surface area contributed by atoms with Crippen molar-refractivity contribution in [3.8, 4) is 11.4 Å². The van der Waals surface area contributed by atoms with E-state index in [1.807, 2.05) is 35.3 Å². The molecule has 0 spiro atoms. The lowest BCUT2D eigenvalue weighted by Gasteiger charge is -2.05. The van der Waals surface area contributed by atoms with E-state index in [9.17, 15) is 4.79 Å². The molecule has 0 fully saturated rings. The van der Waals surface area contributed by atoms with Crippen molar-refractivity contribution in [2.45, 2.75) is 33.4 Å². The minimum absolute atomic E-state index is 0.0952. The minimum Gasteiger partial charge on any atom is -0.332 e. The number of aromatic amines is 1. The maximum absolute atomic E-state index is 12.8. The number of hydrogen-bond donors (Lipinski definition) is 1. The SMILES string of the molecule is CCCn1c(=O)c2[nH]c(-c3cnn(CC)c3)nc2n2ccnc12. The number of rotatable bonds is 4. The van der Waals surface area contributed by atoms with Crippen LogP contribution in [0.2, 0.25) is 0 Å². The first-order valence-electron chi connectivity index (χ1n) is 7.71. The number of nitrogens with one attached hydrogen (secondary N) is 1. The smallest absolute Gasteiger partial charge is 0.280 e. The number of aromatic nitrogens is 7. The minimum atomic E-state index is -0.0952. The van der Waals surface area contributed by atoms with Crippen LogP contribution in [0.5, 0.6) is 0 Å². The Morgan fingerprint density at radius 3 is 2.91 bits per heavy atom. The molecule has 4 aromatic heterocycles. The van der Waals surface area contributed by atoms with E-state index < -0.39 is 0 Å². The van der Waals surface area contributed by atoms with Gasteiger partial charge in [0.2, 0.25) is 5.78 Å². The van der Waals surface area contributed by atoms with Gasteiger partial charge in [-0.1, -0.05) is 6.92 Å². The summed E-state index contributed by atoms with van der Waals surface area (Å²) in [5.41, 5.74) is 1.84. The van der Waals surface area contributed by atoms with Gasteiger partial charge in [-0.2, -0.15) is 5.10 Å². The fourth-order valence-corrected chi connectivity index (χ4v) is 2.79. The molecule has 8 nitrogen and oxygen atoms in total. The van der Waals surface area contributed by atoms with Crippen LogP contribution in [0.3, 0.4) is 0 Å². The van der Waals surface area contributed by atoms with Gasteiger partial charge in [0.15, 0.2) is 11.2 Å². The average Bonchev–Trinajstić information content (AvgIpc) is 3.28. The normalized spacial score (nSPS) is 11.7. The largest absolute Gasteiger partial charge is 0.332 e. The first-order valence-corrected chi connectivity index (χ1v) is 7.71. The highest BCUT2D eigenvalue weighted by Crippen LogP contribution is 2.19. The fraction of sp³-hybridized carbons (Fsp3) is 0.333. The van der Waals surface area contributed by atoms with Crippen molar-refractivity contribution < 1.29 is 0 Å². The van der Waals surface area contributed by atoms with Gasteiger partial charge in [-0.3, -0.25) is 18.4 Å². The monoisotopic (exact) mass is 311 g/mol. The van der Waals surface area contributed by atoms with Gasteiger partial charge in [0.25, 0.3) is 5.56 Å². The predicted octanol–water partition coefficient (Wildman–Crippen LogP) is 1.67. The molecule has 0 amide bonds. The maximum Gasteiger partial charge on any atom is 0.280 e. The van der Waals surface area contributed by atoms with Gasteiger partial charge in [0.1, 0.15) is 5.82 Å². The van der Waals surface area contributed by atoms with Crippen LogP contribution in [0.4, 0.5) is 0 Å². The number of imidazole rings is 2. The van der Waals surface area contributed by atoms with E-state index >= 15 is 0 Å². The summed E-state index contributed by atoms with van der Waals surface area (Å²) in [7, 11) is 0. The standard InChI is InChI=1S/C15H17N7O/c1-3-6-22-14(23)11-13(21-7-5-16-15(21)22)19-12(18-11)10-8-17-20(4-2)9-10/h5,7-9H,3-4,6H2,1-2H3,(H,18,19). The van der Waals surface area contributed by atoms with Crippen molar-refractivity contribution in [3.05, 3.63) is 35.1 Å². The second-order valence-corrected chi connectivity index (χ2v) is 5.42. The first-order chi connectivity index (χ1) is 11.2. The number of aryl methyl sites for hydroxylation is 2. The summed E-state index contributed by atoms with van der Waals surface area (Å²) in [5.74, 6) is 1.26. The molecule has 1 N–H and O–H groups in total. The number of hydrogen-bond acceptors (Lipinski definition) is 4. The highest BCUT2D eigenvalue weighted by molar-refractivity contribution is 5.77. The molecular formula is C15H17N7O. The first kappa shape index (κ1) is 13.7. The zero-order valence-electron chi connectivity index (χ0n) is 13.0. The van der Waals surface area contributed by atoms with Crippen LogP contribution in [0.1, 0.15) is 20.3 Å². The molecule has 23 heavy (non-hydrogen) atoms. The molecule has 0 aliphatic heterocycles. The van der Waals surface area contributed by atoms with Crippen molar-refractivity contribution in [1.82, 2.24) is 33.7 Å². The Hall–Kier alpha value is -2.90. The summed E-state index contributed by atoms with van der Waals surface area (Å²) in [6.45, 7) is 5.47. The Kier molecular flexibility index (Phi) is 3.03. The van der Waals surface area contributed by atoms with Gasteiger partial charge in [-0.05, 0) is 13.3 Å². The lowest BCUT2D eigenvalue weighted by Crippen LogP contribution is -2.23. The van der Waals surface area contributed by atoms with E-state index in [2.05, 4.69) is 20.1 Å². The second-order valence-electron chi connectivity index (χ2n) is 5.42. The summed E-state index contributed by atoms with van der Waals surface area (Å²) in [6, 6.07) is 0. The molecule has 4 heterocycles. The maximum atomic E-state index is 12.8. The predicted molar refractivity (Wildman–Crippen MR) is 86.3 cm³/mol. The molecule has 0 aliphatic rings. The Morgan fingerprint density at radius 2 is 2.17 bits per heavy atom. The molecule has 0 radical (unpaired) electrons. The Bertz CT molecular complexity index is 1050. The van der Waals surface area contributed by atoms with Gasteiger partial charge >= 0.3 is 0 Å². The van der Waals surface area contributed by atoms with Crippen molar-refractivity contribution in [1.29, 1.82) is 0 Å². The molecule has 0 saturated carbocycles. The summed E-state index contributed by atoms with van der Waals surface area (Å²) < 4.78 is 5.35. The number of nitrogens with zero attached hydrogens (tertiary/aromatic N) is 6. The molecule has 0 aliphatic carbocycles. The van der Waals surface area contributed by atoms with Crippen molar-refractivity contribution in [3.63, 3.8) is 0 Å². The summed E-state index contributed by atoms with van der Waals surface area (Å²) in [5, 5.41) is 4.26. The van der Waals surface area contributed by atoms with Gasteiger partial charge in [0, 0.05) is 31.7 Å². The van der Waals surface area contributed by atoms with Gasteiger partial charge in [0.05, 0.1) is 11.8 Å². The van der Waals surface area contributed by atoms with Gasteiger partial charge < -0.3 is 4.98 Å². The molecular weight excluding hydrogens is 294 g/mol. The van der Waals surface area contributed by atoms with E-state index in [1.165, 1.54) is 0 Å². The molecule has 0 unspecified atom stereocenters. The summed E-state index contributed by atoms with van der Waals surface area (Å²) >= 11 is 0. The third-order valence-corrected chi connectivity index (χ3v) is 3.91. The van der Waals surface area contributed by atoms with Crippen LogP contribution in [-0.2, 0) is 13.1 Å². The Labute approximate surface area is 131 Å².